The summed E-state index contributed by atoms with van der Waals surface area (Å²) in [7, 11) is 0. The van der Waals surface area contributed by atoms with Crippen LogP contribution in [-0.2, 0) is 15.1 Å². The van der Waals surface area contributed by atoms with Crippen molar-refractivity contribution >= 4 is 17.2 Å². The second-order valence-electron chi connectivity index (χ2n) is 5.64. The third-order valence-corrected chi connectivity index (χ3v) is 5.42. The highest BCUT2D eigenvalue weighted by Crippen LogP contribution is 2.35. The van der Waals surface area contributed by atoms with Gasteiger partial charge in [-0.3, -0.25) is 4.79 Å². The summed E-state index contributed by atoms with van der Waals surface area (Å²) in [5, 5.41) is 5.45. The molecule has 108 valence electrons. The monoisotopic (exact) mass is 291 g/mol. The molecule has 1 saturated heterocycles. The summed E-state index contributed by atoms with van der Waals surface area (Å²) in [5.74, 6) is 0.351. The normalized spacial score (nSPS) is 25.3. The molecule has 1 atom stereocenters. The van der Waals surface area contributed by atoms with Crippen molar-refractivity contribution < 1.29 is 9.53 Å². The van der Waals surface area contributed by atoms with Crippen LogP contribution in [0.1, 0.15) is 37.0 Å². The number of nitrogens with one attached hydrogen (secondary N) is 1. The average molecular weight is 291 g/mol. The minimum Gasteiger partial charge on any atom is -0.381 e. The molecule has 4 heteroatoms. The number of amides is 1. The first kappa shape index (κ1) is 13.8. The Kier molecular flexibility index (Phi) is 4.22. The number of ether oxygens (including phenoxy) is 1. The van der Waals surface area contributed by atoms with Crippen molar-refractivity contribution in [1.82, 2.24) is 5.32 Å². The molecule has 1 amide bonds. The van der Waals surface area contributed by atoms with Crippen molar-refractivity contribution in [3.63, 3.8) is 0 Å². The van der Waals surface area contributed by atoms with Crippen molar-refractivity contribution in [3.8, 4) is 0 Å². The third-order valence-electron chi connectivity index (χ3n) is 4.34. The summed E-state index contributed by atoms with van der Waals surface area (Å²) < 4.78 is 5.49. The maximum atomic E-state index is 12.6. The lowest BCUT2D eigenvalue weighted by Gasteiger charge is -2.38. The van der Waals surface area contributed by atoms with E-state index in [2.05, 4.69) is 35.0 Å². The number of hydrogen-bond acceptors (Lipinski definition) is 3. The molecule has 20 heavy (non-hydrogen) atoms. The lowest BCUT2D eigenvalue weighted by atomic mass is 9.86. The van der Waals surface area contributed by atoms with Gasteiger partial charge in [-0.25, -0.2) is 0 Å². The Balaban J connectivity index is 1.76. The van der Waals surface area contributed by atoms with Gasteiger partial charge >= 0.3 is 0 Å². The highest BCUT2D eigenvalue weighted by atomic mass is 32.1. The summed E-state index contributed by atoms with van der Waals surface area (Å²) in [6, 6.07) is 4.20. The molecule has 1 fully saturated rings. The Labute approximate surface area is 124 Å². The zero-order chi connectivity index (χ0) is 13.8. The fourth-order valence-electron chi connectivity index (χ4n) is 3.07. The lowest BCUT2D eigenvalue weighted by Crippen LogP contribution is -2.50. The van der Waals surface area contributed by atoms with Crippen LogP contribution in [0.4, 0.5) is 0 Å². The summed E-state index contributed by atoms with van der Waals surface area (Å²) in [6.45, 7) is 1.45. The van der Waals surface area contributed by atoms with E-state index in [1.807, 2.05) is 0 Å². The van der Waals surface area contributed by atoms with Gasteiger partial charge in [-0.1, -0.05) is 18.2 Å². The molecule has 3 nitrogen and oxygen atoms in total. The van der Waals surface area contributed by atoms with Crippen LogP contribution in [0.15, 0.2) is 29.7 Å². The summed E-state index contributed by atoms with van der Waals surface area (Å²) in [4.78, 5) is 13.8. The van der Waals surface area contributed by atoms with Gasteiger partial charge in [0.25, 0.3) is 0 Å². The molecule has 2 heterocycles. The van der Waals surface area contributed by atoms with Crippen molar-refractivity contribution in [2.75, 3.05) is 13.2 Å². The fourth-order valence-corrected chi connectivity index (χ4v) is 4.01. The van der Waals surface area contributed by atoms with Gasteiger partial charge in [0, 0.05) is 24.0 Å². The van der Waals surface area contributed by atoms with E-state index in [1.54, 1.807) is 11.3 Å². The van der Waals surface area contributed by atoms with Gasteiger partial charge in [-0.2, -0.15) is 0 Å². The van der Waals surface area contributed by atoms with Gasteiger partial charge in [0.1, 0.15) is 0 Å². The number of allylic oxidation sites excluding steroid dienone is 2. The molecule has 1 aliphatic heterocycles. The van der Waals surface area contributed by atoms with E-state index in [0.29, 0.717) is 0 Å². The second kappa shape index (κ2) is 6.10. The third kappa shape index (κ3) is 2.81. The van der Waals surface area contributed by atoms with E-state index in [9.17, 15) is 4.79 Å². The summed E-state index contributed by atoms with van der Waals surface area (Å²) in [6.07, 6.45) is 8.93. The van der Waals surface area contributed by atoms with E-state index in [0.717, 1.165) is 45.3 Å². The molecule has 0 aromatic carbocycles. The van der Waals surface area contributed by atoms with E-state index in [1.165, 1.54) is 4.88 Å². The first-order chi connectivity index (χ1) is 9.80. The molecule has 2 aliphatic rings. The van der Waals surface area contributed by atoms with E-state index < -0.39 is 0 Å². The van der Waals surface area contributed by atoms with Crippen LogP contribution in [0.25, 0.3) is 0 Å². The van der Waals surface area contributed by atoms with Crippen molar-refractivity contribution in [3.05, 3.63) is 34.5 Å². The molecule has 0 saturated carbocycles. The molecule has 0 spiro atoms. The van der Waals surface area contributed by atoms with E-state index in [4.69, 9.17) is 4.74 Å². The minimum absolute atomic E-state index is 0.139. The quantitative estimate of drug-likeness (QED) is 0.868. The van der Waals surface area contributed by atoms with Crippen LogP contribution in [0.5, 0.6) is 0 Å². The van der Waals surface area contributed by atoms with Gasteiger partial charge in [0.2, 0.25) is 5.91 Å². The van der Waals surface area contributed by atoms with Crippen LogP contribution in [0, 0.1) is 5.92 Å². The number of thiophene rings is 1. The smallest absolute Gasteiger partial charge is 0.224 e. The molecule has 1 aromatic rings. The molecular weight excluding hydrogens is 270 g/mol. The number of carbonyl (C=O) groups excluding carboxylic acids is 1. The van der Waals surface area contributed by atoms with E-state index >= 15 is 0 Å². The zero-order valence-corrected chi connectivity index (χ0v) is 12.5. The predicted molar refractivity (Wildman–Crippen MR) is 80.7 cm³/mol. The average Bonchev–Trinajstić information content (AvgIpc) is 3.04. The SMILES string of the molecule is O=C(NC1(c2cccs2)CCOCC1)[C@H]1CC=CCC1. The Hall–Kier alpha value is -1.13. The Morgan fingerprint density at radius 2 is 2.20 bits per heavy atom. The van der Waals surface area contributed by atoms with Crippen LogP contribution in [-0.4, -0.2) is 19.1 Å². The van der Waals surface area contributed by atoms with Crippen LogP contribution in [0.2, 0.25) is 0 Å². The van der Waals surface area contributed by atoms with Crippen molar-refractivity contribution in [2.45, 2.75) is 37.6 Å². The predicted octanol–water partition coefficient (Wildman–Crippen LogP) is 3.23. The molecule has 3 rings (SSSR count). The van der Waals surface area contributed by atoms with Gasteiger partial charge in [0.15, 0.2) is 0 Å². The van der Waals surface area contributed by atoms with Crippen LogP contribution >= 0.6 is 11.3 Å². The number of rotatable bonds is 3. The van der Waals surface area contributed by atoms with Crippen LogP contribution < -0.4 is 5.32 Å². The standard InChI is InChI=1S/C16H21NO2S/c18-15(13-5-2-1-3-6-13)17-16(8-10-19-11-9-16)14-7-4-12-20-14/h1-2,4,7,12-13H,3,5-6,8-11H2,(H,17,18)/t13-/m0/s1. The molecule has 0 unspecified atom stereocenters. The van der Waals surface area contributed by atoms with Gasteiger partial charge in [-0.15, -0.1) is 11.3 Å². The Morgan fingerprint density at radius 3 is 2.85 bits per heavy atom. The highest BCUT2D eigenvalue weighted by Gasteiger charge is 2.38. The molecule has 0 bridgehead atoms. The fraction of sp³-hybridized carbons (Fsp3) is 0.562. The van der Waals surface area contributed by atoms with Gasteiger partial charge in [0.05, 0.1) is 5.54 Å². The first-order valence-electron chi connectivity index (χ1n) is 7.39. The topological polar surface area (TPSA) is 38.3 Å². The lowest BCUT2D eigenvalue weighted by molar-refractivity contribution is -0.128. The molecule has 0 radical (unpaired) electrons. The first-order valence-corrected chi connectivity index (χ1v) is 8.27. The molecular formula is C16H21NO2S. The molecule has 1 aromatic heterocycles. The Bertz CT molecular complexity index is 475. The van der Waals surface area contributed by atoms with Crippen molar-refractivity contribution in [2.24, 2.45) is 5.92 Å². The van der Waals surface area contributed by atoms with E-state index in [-0.39, 0.29) is 17.4 Å². The number of carbonyl (C=O) groups is 1. The summed E-state index contributed by atoms with van der Waals surface area (Å²) >= 11 is 1.73. The van der Waals surface area contributed by atoms with Crippen LogP contribution in [0.3, 0.4) is 0 Å². The molecule has 1 N–H and O–H groups in total. The maximum Gasteiger partial charge on any atom is 0.224 e. The second-order valence-corrected chi connectivity index (χ2v) is 6.59. The Morgan fingerprint density at radius 1 is 1.35 bits per heavy atom. The highest BCUT2D eigenvalue weighted by molar-refractivity contribution is 7.10. The van der Waals surface area contributed by atoms with Gasteiger partial charge in [-0.05, 0) is 43.6 Å². The minimum atomic E-state index is -0.204. The summed E-state index contributed by atoms with van der Waals surface area (Å²) in [5.41, 5.74) is -0.204. The zero-order valence-electron chi connectivity index (χ0n) is 11.6. The van der Waals surface area contributed by atoms with Crippen molar-refractivity contribution in [1.29, 1.82) is 0 Å². The van der Waals surface area contributed by atoms with Gasteiger partial charge < -0.3 is 10.1 Å². The number of hydrogen-bond donors (Lipinski definition) is 1. The largest absolute Gasteiger partial charge is 0.381 e. The molecule has 1 aliphatic carbocycles. The maximum absolute atomic E-state index is 12.6.